The van der Waals surface area contributed by atoms with Gasteiger partial charge in [-0.2, -0.15) is 0 Å². The van der Waals surface area contributed by atoms with Crippen LogP contribution in [0.5, 0.6) is 0 Å². The van der Waals surface area contributed by atoms with Crippen molar-refractivity contribution in [3.05, 3.63) is 72.1 Å². The standard InChI is InChI=1S/C31H38N6O6/c1-16(2)26(32)29(40)35-24(12-18-14-33-22-10-6-4-8-20(18)22)28(39)37-27(17(3)38)30(41)36-25(31(42)43)13-19-15-34-23-11-7-5-9-21(19)23/h4-11,14-17,24-27,33-34,38H,12-13,32H2,1-3H3,(H,35,40)(H,36,41)(H,37,39)(H,42,43). The molecule has 5 atom stereocenters. The molecule has 0 saturated heterocycles. The maximum absolute atomic E-state index is 13.6. The van der Waals surface area contributed by atoms with Gasteiger partial charge in [0, 0.05) is 47.0 Å². The van der Waals surface area contributed by atoms with Crippen LogP contribution in [0.15, 0.2) is 60.9 Å². The first-order valence-corrected chi connectivity index (χ1v) is 14.1. The molecule has 43 heavy (non-hydrogen) atoms. The molecule has 0 aliphatic heterocycles. The van der Waals surface area contributed by atoms with Crippen LogP contribution < -0.4 is 21.7 Å². The first-order chi connectivity index (χ1) is 20.5. The number of hydrogen-bond acceptors (Lipinski definition) is 6. The fraction of sp³-hybridized carbons (Fsp3) is 0.355. The Morgan fingerprint density at radius 3 is 1.72 bits per heavy atom. The number of aliphatic hydroxyl groups excluding tert-OH is 1. The maximum atomic E-state index is 13.6. The second-order valence-corrected chi connectivity index (χ2v) is 11.1. The SMILES string of the molecule is CC(C)C(N)C(=O)NC(Cc1c[nH]c2ccccc12)C(=O)NC(C(=O)NC(Cc1c[nH]c2ccccc12)C(=O)O)C(C)O. The van der Waals surface area contributed by atoms with E-state index in [9.17, 15) is 29.4 Å². The third kappa shape index (κ3) is 7.40. The minimum absolute atomic E-state index is 0.0299. The smallest absolute Gasteiger partial charge is 0.326 e. The summed E-state index contributed by atoms with van der Waals surface area (Å²) >= 11 is 0. The van der Waals surface area contributed by atoms with Gasteiger partial charge in [0.05, 0.1) is 12.1 Å². The van der Waals surface area contributed by atoms with Gasteiger partial charge >= 0.3 is 5.97 Å². The van der Waals surface area contributed by atoms with Gasteiger partial charge in [-0.25, -0.2) is 4.79 Å². The van der Waals surface area contributed by atoms with E-state index >= 15 is 0 Å². The quantitative estimate of drug-likeness (QED) is 0.115. The van der Waals surface area contributed by atoms with Gasteiger partial charge in [-0.1, -0.05) is 50.2 Å². The van der Waals surface area contributed by atoms with E-state index in [0.717, 1.165) is 27.4 Å². The van der Waals surface area contributed by atoms with Gasteiger partial charge in [-0.05, 0) is 36.1 Å². The lowest BCUT2D eigenvalue weighted by atomic mass is 10.0. The van der Waals surface area contributed by atoms with E-state index in [1.165, 1.54) is 6.92 Å². The van der Waals surface area contributed by atoms with E-state index in [2.05, 4.69) is 25.9 Å². The predicted molar refractivity (Wildman–Crippen MR) is 162 cm³/mol. The lowest BCUT2D eigenvalue weighted by Crippen LogP contribution is -2.60. The zero-order valence-corrected chi connectivity index (χ0v) is 24.3. The molecule has 2 heterocycles. The summed E-state index contributed by atoms with van der Waals surface area (Å²) in [6.45, 7) is 4.87. The monoisotopic (exact) mass is 590 g/mol. The molecule has 0 radical (unpaired) electrons. The molecule has 2 aromatic heterocycles. The molecule has 0 bridgehead atoms. The van der Waals surface area contributed by atoms with Gasteiger partial charge < -0.3 is 41.9 Å². The number of aromatic amines is 2. The maximum Gasteiger partial charge on any atom is 0.326 e. The number of carbonyl (C=O) groups is 4. The number of H-pyrrole nitrogens is 2. The highest BCUT2D eigenvalue weighted by molar-refractivity contribution is 5.95. The number of aliphatic carboxylic acids is 1. The molecule has 0 aliphatic rings. The minimum atomic E-state index is -1.50. The van der Waals surface area contributed by atoms with E-state index in [1.54, 1.807) is 26.2 Å². The average molecular weight is 591 g/mol. The Labute approximate surface area is 248 Å². The van der Waals surface area contributed by atoms with Gasteiger partial charge in [0.25, 0.3) is 0 Å². The third-order valence-corrected chi connectivity index (χ3v) is 7.53. The van der Waals surface area contributed by atoms with E-state index in [1.807, 2.05) is 48.5 Å². The topological polar surface area (TPSA) is 202 Å². The molecule has 5 unspecified atom stereocenters. The molecular formula is C31H38N6O6. The van der Waals surface area contributed by atoms with E-state index in [0.29, 0.717) is 5.56 Å². The Morgan fingerprint density at radius 1 is 0.744 bits per heavy atom. The second-order valence-electron chi connectivity index (χ2n) is 11.1. The number of nitrogens with two attached hydrogens (primary N) is 1. The first kappa shape index (κ1) is 31.3. The third-order valence-electron chi connectivity index (χ3n) is 7.53. The number of carboxylic acid groups (broad SMARTS) is 1. The Bertz CT molecular complexity index is 1610. The van der Waals surface area contributed by atoms with Crippen molar-refractivity contribution >= 4 is 45.5 Å². The summed E-state index contributed by atoms with van der Waals surface area (Å²) in [5.41, 5.74) is 9.13. The molecule has 2 aromatic carbocycles. The zero-order valence-electron chi connectivity index (χ0n) is 24.3. The van der Waals surface area contributed by atoms with Crippen molar-refractivity contribution in [2.75, 3.05) is 0 Å². The summed E-state index contributed by atoms with van der Waals surface area (Å²) in [4.78, 5) is 58.1. The molecule has 3 amide bonds. The van der Waals surface area contributed by atoms with Crippen molar-refractivity contribution in [1.29, 1.82) is 0 Å². The van der Waals surface area contributed by atoms with Gasteiger partial charge in [-0.3, -0.25) is 14.4 Å². The minimum Gasteiger partial charge on any atom is -0.480 e. The summed E-state index contributed by atoms with van der Waals surface area (Å²) in [7, 11) is 0. The zero-order chi connectivity index (χ0) is 31.3. The van der Waals surface area contributed by atoms with Crippen LogP contribution >= 0.6 is 0 Å². The molecule has 0 fully saturated rings. The molecule has 0 saturated carbocycles. The number of amides is 3. The Kier molecular flexibility index (Phi) is 9.84. The molecule has 0 spiro atoms. The van der Waals surface area contributed by atoms with Crippen molar-refractivity contribution in [3.63, 3.8) is 0 Å². The number of fused-ring (bicyclic) bond motifs is 2. The van der Waals surface area contributed by atoms with Crippen LogP contribution in [-0.4, -0.2) is 74.1 Å². The number of benzene rings is 2. The number of aromatic nitrogens is 2. The number of nitrogens with one attached hydrogen (secondary N) is 5. The van der Waals surface area contributed by atoms with Crippen molar-refractivity contribution in [1.82, 2.24) is 25.9 Å². The summed E-state index contributed by atoms with van der Waals surface area (Å²) < 4.78 is 0. The molecular weight excluding hydrogens is 552 g/mol. The van der Waals surface area contributed by atoms with Crippen LogP contribution in [0.4, 0.5) is 0 Å². The van der Waals surface area contributed by atoms with Crippen molar-refractivity contribution in [2.24, 2.45) is 11.7 Å². The highest BCUT2D eigenvalue weighted by Gasteiger charge is 2.33. The predicted octanol–water partition coefficient (Wildman–Crippen LogP) is 1.34. The van der Waals surface area contributed by atoms with Gasteiger partial charge in [0.15, 0.2) is 0 Å². The summed E-state index contributed by atoms with van der Waals surface area (Å²) in [6.07, 6.45) is 2.08. The number of carboxylic acids is 1. The molecule has 12 nitrogen and oxygen atoms in total. The van der Waals surface area contributed by atoms with Crippen LogP contribution in [0.3, 0.4) is 0 Å². The fourth-order valence-corrected chi connectivity index (χ4v) is 4.94. The number of hydrogen-bond donors (Lipinski definition) is 8. The Balaban J connectivity index is 1.53. The molecule has 9 N–H and O–H groups in total. The highest BCUT2D eigenvalue weighted by atomic mass is 16.4. The van der Waals surface area contributed by atoms with E-state index < -0.39 is 54.0 Å². The Hall–Kier alpha value is -4.68. The summed E-state index contributed by atoms with van der Waals surface area (Å²) in [5.74, 6) is -3.64. The number of carbonyl (C=O) groups excluding carboxylic acids is 3. The van der Waals surface area contributed by atoms with Crippen molar-refractivity contribution < 1.29 is 29.4 Å². The first-order valence-electron chi connectivity index (χ1n) is 14.1. The van der Waals surface area contributed by atoms with E-state index in [-0.39, 0.29) is 18.8 Å². The molecule has 4 aromatic rings. The molecule has 4 rings (SSSR count). The Morgan fingerprint density at radius 2 is 1.23 bits per heavy atom. The normalized spacial score (nSPS) is 15.0. The van der Waals surface area contributed by atoms with Crippen LogP contribution in [0.1, 0.15) is 31.9 Å². The van der Waals surface area contributed by atoms with Crippen molar-refractivity contribution in [3.8, 4) is 0 Å². The lowest BCUT2D eigenvalue weighted by molar-refractivity contribution is -0.143. The van der Waals surface area contributed by atoms with Gasteiger partial charge in [0.2, 0.25) is 17.7 Å². The number of rotatable bonds is 13. The van der Waals surface area contributed by atoms with E-state index in [4.69, 9.17) is 5.73 Å². The van der Waals surface area contributed by atoms with Gasteiger partial charge in [0.1, 0.15) is 18.1 Å². The highest BCUT2D eigenvalue weighted by Crippen LogP contribution is 2.21. The van der Waals surface area contributed by atoms with Crippen LogP contribution in [0, 0.1) is 5.92 Å². The average Bonchev–Trinajstić information content (AvgIpc) is 3.58. The number of aliphatic hydroxyl groups is 1. The molecule has 12 heteroatoms. The van der Waals surface area contributed by atoms with Gasteiger partial charge in [-0.15, -0.1) is 0 Å². The lowest BCUT2D eigenvalue weighted by Gasteiger charge is -2.27. The number of para-hydroxylation sites is 2. The summed E-state index contributed by atoms with van der Waals surface area (Å²) in [6, 6.07) is 9.98. The largest absolute Gasteiger partial charge is 0.480 e. The van der Waals surface area contributed by atoms with Crippen molar-refractivity contribution in [2.45, 2.75) is 63.9 Å². The fourth-order valence-electron chi connectivity index (χ4n) is 4.94. The van der Waals surface area contributed by atoms with Crippen LogP contribution in [0.2, 0.25) is 0 Å². The molecule has 228 valence electrons. The summed E-state index contributed by atoms with van der Waals surface area (Å²) in [5, 5.41) is 29.7. The second kappa shape index (κ2) is 13.5. The molecule has 0 aliphatic carbocycles. The van der Waals surface area contributed by atoms with Crippen LogP contribution in [0.25, 0.3) is 21.8 Å². The van der Waals surface area contributed by atoms with Crippen LogP contribution in [-0.2, 0) is 32.0 Å².